The zero-order chi connectivity index (χ0) is 14.5. The second-order valence-corrected chi connectivity index (χ2v) is 4.45. The zero-order valence-electron chi connectivity index (χ0n) is 10.8. The maximum absolute atomic E-state index is 11.9. The van der Waals surface area contributed by atoms with E-state index >= 15 is 0 Å². The van der Waals surface area contributed by atoms with Crippen LogP contribution in [0.3, 0.4) is 0 Å². The van der Waals surface area contributed by atoms with E-state index in [1.54, 1.807) is 36.4 Å². The molecule has 2 aromatic rings. The fourth-order valence-corrected chi connectivity index (χ4v) is 1.75. The number of aromatic hydroxyl groups is 2. The van der Waals surface area contributed by atoms with Gasteiger partial charge in [0.25, 0.3) is 0 Å². The molecule has 1 atom stereocenters. The third-order valence-corrected chi connectivity index (χ3v) is 2.94. The van der Waals surface area contributed by atoms with E-state index in [-0.39, 0.29) is 17.4 Å². The number of benzene rings is 2. The van der Waals surface area contributed by atoms with Crippen LogP contribution in [-0.2, 0) is 11.3 Å². The van der Waals surface area contributed by atoms with Crippen LogP contribution in [0, 0.1) is 0 Å². The van der Waals surface area contributed by atoms with Crippen LogP contribution >= 0.6 is 0 Å². The Labute approximate surface area is 116 Å². The van der Waals surface area contributed by atoms with Crippen molar-refractivity contribution >= 4 is 5.91 Å². The van der Waals surface area contributed by atoms with Crippen molar-refractivity contribution in [3.8, 4) is 11.5 Å². The monoisotopic (exact) mass is 272 g/mol. The Kier molecular flexibility index (Phi) is 4.22. The average Bonchev–Trinajstić information content (AvgIpc) is 2.46. The van der Waals surface area contributed by atoms with Crippen LogP contribution in [0.4, 0.5) is 0 Å². The number of carbonyl (C=O) groups excluding carboxylic acids is 1. The largest absolute Gasteiger partial charge is 0.508 e. The Hall–Kier alpha value is -2.53. The molecule has 0 aromatic heterocycles. The van der Waals surface area contributed by atoms with Gasteiger partial charge in [-0.15, -0.1) is 0 Å². The molecule has 0 fully saturated rings. The number of nitrogens with two attached hydrogens (primary N) is 1. The van der Waals surface area contributed by atoms with E-state index in [2.05, 4.69) is 5.32 Å². The van der Waals surface area contributed by atoms with Crippen LogP contribution in [-0.4, -0.2) is 16.1 Å². The first-order valence-electron chi connectivity index (χ1n) is 6.16. The normalized spacial score (nSPS) is 11.8. The van der Waals surface area contributed by atoms with Crippen LogP contribution in [0.1, 0.15) is 17.2 Å². The van der Waals surface area contributed by atoms with Gasteiger partial charge in [0.1, 0.15) is 17.5 Å². The molecule has 0 aliphatic rings. The number of carbonyl (C=O) groups is 1. The first-order valence-corrected chi connectivity index (χ1v) is 6.16. The summed E-state index contributed by atoms with van der Waals surface area (Å²) in [6.07, 6.45) is 0. The van der Waals surface area contributed by atoms with Gasteiger partial charge in [0.2, 0.25) is 5.91 Å². The minimum absolute atomic E-state index is 0.130. The van der Waals surface area contributed by atoms with Crippen molar-refractivity contribution < 1.29 is 15.0 Å². The molecule has 0 aliphatic heterocycles. The Morgan fingerprint density at radius 2 is 1.50 bits per heavy atom. The first-order chi connectivity index (χ1) is 9.56. The Morgan fingerprint density at radius 1 is 1.00 bits per heavy atom. The van der Waals surface area contributed by atoms with Crippen molar-refractivity contribution in [1.82, 2.24) is 5.32 Å². The van der Waals surface area contributed by atoms with Crippen LogP contribution < -0.4 is 11.1 Å². The van der Waals surface area contributed by atoms with Gasteiger partial charge in [-0.1, -0.05) is 24.3 Å². The van der Waals surface area contributed by atoms with Crippen molar-refractivity contribution in [1.29, 1.82) is 0 Å². The van der Waals surface area contributed by atoms with Gasteiger partial charge in [0, 0.05) is 6.54 Å². The Bertz CT molecular complexity index is 579. The molecule has 104 valence electrons. The van der Waals surface area contributed by atoms with E-state index in [4.69, 9.17) is 10.8 Å². The average molecular weight is 272 g/mol. The fourth-order valence-electron chi connectivity index (χ4n) is 1.75. The summed E-state index contributed by atoms with van der Waals surface area (Å²) < 4.78 is 0. The smallest absolute Gasteiger partial charge is 0.241 e. The van der Waals surface area contributed by atoms with E-state index in [1.807, 2.05) is 0 Å². The van der Waals surface area contributed by atoms with Crippen molar-refractivity contribution in [3.63, 3.8) is 0 Å². The van der Waals surface area contributed by atoms with Gasteiger partial charge in [0.15, 0.2) is 0 Å². The van der Waals surface area contributed by atoms with Gasteiger partial charge in [-0.05, 0) is 35.4 Å². The summed E-state index contributed by atoms with van der Waals surface area (Å²) in [6, 6.07) is 12.0. The zero-order valence-corrected chi connectivity index (χ0v) is 10.8. The molecule has 0 saturated heterocycles. The van der Waals surface area contributed by atoms with Crippen LogP contribution in [0.2, 0.25) is 0 Å². The summed E-state index contributed by atoms with van der Waals surface area (Å²) in [6.45, 7) is 0.338. The molecule has 1 unspecified atom stereocenters. The maximum atomic E-state index is 11.9. The Morgan fingerprint density at radius 3 is 2.05 bits per heavy atom. The van der Waals surface area contributed by atoms with Gasteiger partial charge >= 0.3 is 0 Å². The molecule has 2 rings (SSSR count). The molecule has 5 N–H and O–H groups in total. The van der Waals surface area contributed by atoms with E-state index in [1.165, 1.54) is 12.1 Å². The summed E-state index contributed by atoms with van der Waals surface area (Å²) in [5.74, 6) is 0.00934. The topological polar surface area (TPSA) is 95.6 Å². The number of hydrogen-bond donors (Lipinski definition) is 4. The molecular formula is C15H16N2O3. The predicted molar refractivity (Wildman–Crippen MR) is 75.0 cm³/mol. The summed E-state index contributed by atoms with van der Waals surface area (Å²) >= 11 is 0. The summed E-state index contributed by atoms with van der Waals surface area (Å²) in [4.78, 5) is 11.9. The molecular weight excluding hydrogens is 256 g/mol. The highest BCUT2D eigenvalue weighted by molar-refractivity contribution is 5.82. The number of nitrogens with one attached hydrogen (secondary N) is 1. The number of phenolic OH excluding ortho intramolecular Hbond substituents is 2. The second kappa shape index (κ2) is 6.08. The molecule has 2 aromatic carbocycles. The quantitative estimate of drug-likeness (QED) is 0.676. The molecule has 0 saturated carbocycles. The summed E-state index contributed by atoms with van der Waals surface area (Å²) in [5.41, 5.74) is 7.34. The molecule has 5 nitrogen and oxygen atoms in total. The standard InChI is InChI=1S/C15H16N2O3/c16-14(11-3-7-13(19)8-4-11)15(20)17-9-10-1-5-12(18)6-2-10/h1-8,14,18-19H,9,16H2,(H,17,20). The highest BCUT2D eigenvalue weighted by Gasteiger charge is 2.15. The number of rotatable bonds is 4. The Balaban J connectivity index is 1.94. The summed E-state index contributed by atoms with van der Waals surface area (Å²) in [7, 11) is 0. The van der Waals surface area contributed by atoms with Gasteiger partial charge < -0.3 is 21.3 Å². The highest BCUT2D eigenvalue weighted by atomic mass is 16.3. The molecule has 0 spiro atoms. The molecule has 1 amide bonds. The minimum atomic E-state index is -0.785. The predicted octanol–water partition coefficient (Wildman–Crippen LogP) is 1.41. The highest BCUT2D eigenvalue weighted by Crippen LogP contribution is 2.15. The van der Waals surface area contributed by atoms with Crippen LogP contribution in [0.25, 0.3) is 0 Å². The van der Waals surface area contributed by atoms with Crippen LogP contribution in [0.5, 0.6) is 11.5 Å². The molecule has 0 radical (unpaired) electrons. The number of amides is 1. The lowest BCUT2D eigenvalue weighted by atomic mass is 10.1. The van der Waals surface area contributed by atoms with Crippen molar-refractivity contribution in [2.45, 2.75) is 12.6 Å². The molecule has 5 heteroatoms. The van der Waals surface area contributed by atoms with E-state index in [9.17, 15) is 9.90 Å². The van der Waals surface area contributed by atoms with Crippen molar-refractivity contribution in [2.24, 2.45) is 5.73 Å². The van der Waals surface area contributed by atoms with Crippen LogP contribution in [0.15, 0.2) is 48.5 Å². The van der Waals surface area contributed by atoms with Gasteiger partial charge in [-0.3, -0.25) is 4.79 Å². The fraction of sp³-hybridized carbons (Fsp3) is 0.133. The van der Waals surface area contributed by atoms with Gasteiger partial charge in [-0.2, -0.15) is 0 Å². The molecule has 0 bridgehead atoms. The molecule has 0 aliphatic carbocycles. The SMILES string of the molecule is NC(C(=O)NCc1ccc(O)cc1)c1ccc(O)cc1. The lowest BCUT2D eigenvalue weighted by Crippen LogP contribution is -2.33. The van der Waals surface area contributed by atoms with Gasteiger partial charge in [-0.25, -0.2) is 0 Å². The number of hydrogen-bond acceptors (Lipinski definition) is 4. The van der Waals surface area contributed by atoms with E-state index in [0.717, 1.165) is 5.56 Å². The van der Waals surface area contributed by atoms with Crippen molar-refractivity contribution in [2.75, 3.05) is 0 Å². The summed E-state index contributed by atoms with van der Waals surface area (Å²) in [5, 5.41) is 21.1. The molecule has 0 heterocycles. The van der Waals surface area contributed by atoms with E-state index < -0.39 is 6.04 Å². The number of phenols is 2. The minimum Gasteiger partial charge on any atom is -0.508 e. The lowest BCUT2D eigenvalue weighted by Gasteiger charge is -2.12. The van der Waals surface area contributed by atoms with Crippen molar-refractivity contribution in [3.05, 3.63) is 59.7 Å². The third kappa shape index (κ3) is 3.49. The first kappa shape index (κ1) is 13.9. The van der Waals surface area contributed by atoms with Gasteiger partial charge in [0.05, 0.1) is 0 Å². The molecule has 20 heavy (non-hydrogen) atoms. The van der Waals surface area contributed by atoms with E-state index in [0.29, 0.717) is 12.1 Å². The lowest BCUT2D eigenvalue weighted by molar-refractivity contribution is -0.122. The maximum Gasteiger partial charge on any atom is 0.241 e. The second-order valence-electron chi connectivity index (χ2n) is 4.45. The third-order valence-electron chi connectivity index (χ3n) is 2.94.